The molecule has 3 aromatic heterocycles. The van der Waals surface area contributed by atoms with Gasteiger partial charge in [0, 0.05) is 36.6 Å². The van der Waals surface area contributed by atoms with E-state index in [9.17, 15) is 9.59 Å². The van der Waals surface area contributed by atoms with Crippen LogP contribution in [0.3, 0.4) is 0 Å². The molecule has 25 heavy (non-hydrogen) atoms. The van der Waals surface area contributed by atoms with Gasteiger partial charge in [-0.25, -0.2) is 9.67 Å². The SMILES string of the molecule is Cc1c2c(=O)n(-c3ccccc3)[nH]c2cc(=O)n1CCc1cnc[nH]1. The zero-order valence-corrected chi connectivity index (χ0v) is 13.7. The lowest BCUT2D eigenvalue weighted by atomic mass is 10.2. The Morgan fingerprint density at radius 2 is 1.96 bits per heavy atom. The summed E-state index contributed by atoms with van der Waals surface area (Å²) >= 11 is 0. The number of nitrogens with zero attached hydrogens (tertiary/aromatic N) is 3. The van der Waals surface area contributed by atoms with E-state index >= 15 is 0 Å². The number of para-hydroxylation sites is 1. The third kappa shape index (κ3) is 2.59. The highest BCUT2D eigenvalue weighted by atomic mass is 16.1. The largest absolute Gasteiger partial charge is 0.348 e. The van der Waals surface area contributed by atoms with Gasteiger partial charge in [-0.3, -0.25) is 14.7 Å². The second-order valence-corrected chi connectivity index (χ2v) is 5.92. The zero-order valence-electron chi connectivity index (χ0n) is 13.7. The van der Waals surface area contributed by atoms with Crippen LogP contribution in [0, 0.1) is 6.92 Å². The number of H-pyrrole nitrogens is 2. The minimum atomic E-state index is -0.158. The van der Waals surface area contributed by atoms with Gasteiger partial charge in [-0.15, -0.1) is 0 Å². The third-order valence-corrected chi connectivity index (χ3v) is 4.39. The number of aromatic nitrogens is 5. The summed E-state index contributed by atoms with van der Waals surface area (Å²) in [4.78, 5) is 32.3. The molecule has 0 atom stereocenters. The number of imidazole rings is 1. The first kappa shape index (κ1) is 15.2. The number of aryl methyl sites for hydroxylation is 2. The Labute approximate surface area is 142 Å². The van der Waals surface area contributed by atoms with Crippen LogP contribution in [0.5, 0.6) is 0 Å². The van der Waals surface area contributed by atoms with E-state index in [2.05, 4.69) is 15.1 Å². The van der Waals surface area contributed by atoms with E-state index in [1.54, 1.807) is 24.0 Å². The number of benzene rings is 1. The fourth-order valence-electron chi connectivity index (χ4n) is 3.10. The fourth-order valence-corrected chi connectivity index (χ4v) is 3.10. The first-order valence-electron chi connectivity index (χ1n) is 8.03. The number of nitrogens with one attached hydrogen (secondary N) is 2. The molecule has 0 aliphatic heterocycles. The van der Waals surface area contributed by atoms with Crippen molar-refractivity contribution in [3.63, 3.8) is 0 Å². The summed E-state index contributed by atoms with van der Waals surface area (Å²) in [6.07, 6.45) is 3.99. The Morgan fingerprint density at radius 3 is 2.68 bits per heavy atom. The minimum Gasteiger partial charge on any atom is -0.348 e. The maximum atomic E-state index is 12.8. The van der Waals surface area contributed by atoms with Gasteiger partial charge in [0.2, 0.25) is 0 Å². The van der Waals surface area contributed by atoms with Crippen LogP contribution in [0.25, 0.3) is 16.6 Å². The number of aromatic amines is 2. The van der Waals surface area contributed by atoms with E-state index < -0.39 is 0 Å². The van der Waals surface area contributed by atoms with Crippen molar-refractivity contribution in [1.82, 2.24) is 24.3 Å². The molecule has 7 nitrogen and oxygen atoms in total. The molecular weight excluding hydrogens is 318 g/mol. The Bertz CT molecular complexity index is 1130. The lowest BCUT2D eigenvalue weighted by molar-refractivity contribution is 0.648. The molecule has 0 saturated carbocycles. The molecule has 0 unspecified atom stereocenters. The van der Waals surface area contributed by atoms with Crippen LogP contribution < -0.4 is 11.1 Å². The number of fused-ring (bicyclic) bond motifs is 1. The standard InChI is InChI=1S/C18H17N5O2/c1-12-17-15(21-23(18(17)25)14-5-3-2-4-6-14)9-16(24)22(12)8-7-13-10-19-11-20-13/h2-6,9-11,21H,7-8H2,1H3,(H,19,20). The molecule has 0 bridgehead atoms. The first-order chi connectivity index (χ1) is 12.1. The quantitative estimate of drug-likeness (QED) is 0.595. The van der Waals surface area contributed by atoms with Crippen molar-refractivity contribution in [2.45, 2.75) is 19.9 Å². The molecular formula is C18H17N5O2. The van der Waals surface area contributed by atoms with Crippen molar-refractivity contribution in [3.05, 3.63) is 81.0 Å². The summed E-state index contributed by atoms with van der Waals surface area (Å²) in [6, 6.07) is 10.8. The van der Waals surface area contributed by atoms with Gasteiger partial charge >= 0.3 is 0 Å². The predicted octanol–water partition coefficient (Wildman–Crippen LogP) is 1.75. The molecule has 2 N–H and O–H groups in total. The molecule has 126 valence electrons. The lowest BCUT2D eigenvalue weighted by Crippen LogP contribution is -2.24. The number of rotatable bonds is 4. The van der Waals surface area contributed by atoms with E-state index in [1.807, 2.05) is 30.3 Å². The number of pyridine rings is 1. The monoisotopic (exact) mass is 335 g/mol. The van der Waals surface area contributed by atoms with E-state index in [0.29, 0.717) is 29.6 Å². The van der Waals surface area contributed by atoms with Crippen molar-refractivity contribution < 1.29 is 0 Å². The van der Waals surface area contributed by atoms with Crippen LogP contribution in [0.15, 0.2) is 58.5 Å². The molecule has 3 heterocycles. The van der Waals surface area contributed by atoms with E-state index in [-0.39, 0.29) is 11.1 Å². The van der Waals surface area contributed by atoms with E-state index in [1.165, 1.54) is 10.7 Å². The van der Waals surface area contributed by atoms with Crippen LogP contribution in [0.1, 0.15) is 11.4 Å². The molecule has 0 aliphatic carbocycles. The van der Waals surface area contributed by atoms with Gasteiger partial charge in [0.1, 0.15) is 0 Å². The summed E-state index contributed by atoms with van der Waals surface area (Å²) in [5.41, 5.74) is 2.61. The van der Waals surface area contributed by atoms with E-state index in [4.69, 9.17) is 0 Å². The van der Waals surface area contributed by atoms with Gasteiger partial charge in [0.15, 0.2) is 0 Å². The zero-order chi connectivity index (χ0) is 17.4. The topological polar surface area (TPSA) is 88.5 Å². The molecule has 1 aromatic carbocycles. The molecule has 0 amide bonds. The molecule has 4 aromatic rings. The summed E-state index contributed by atoms with van der Waals surface area (Å²) in [6.45, 7) is 2.29. The van der Waals surface area contributed by atoms with Crippen LogP contribution in [0.2, 0.25) is 0 Å². The summed E-state index contributed by atoms with van der Waals surface area (Å²) < 4.78 is 3.10. The summed E-state index contributed by atoms with van der Waals surface area (Å²) in [5.74, 6) is 0. The average Bonchev–Trinajstić information content (AvgIpc) is 3.23. The molecule has 4 rings (SSSR count). The van der Waals surface area contributed by atoms with Crippen molar-refractivity contribution >= 4 is 10.9 Å². The van der Waals surface area contributed by atoms with Gasteiger partial charge in [0.05, 0.1) is 22.9 Å². The lowest BCUT2D eigenvalue weighted by Gasteiger charge is -2.09. The summed E-state index contributed by atoms with van der Waals surface area (Å²) in [5, 5.41) is 3.57. The molecule has 0 saturated heterocycles. The number of hydrogen-bond acceptors (Lipinski definition) is 3. The molecule has 7 heteroatoms. The smallest absolute Gasteiger partial charge is 0.280 e. The van der Waals surface area contributed by atoms with Crippen molar-refractivity contribution in [2.24, 2.45) is 0 Å². The Hall–Kier alpha value is -3.35. The Kier molecular flexibility index (Phi) is 3.61. The molecule has 0 aliphatic rings. The van der Waals surface area contributed by atoms with Gasteiger partial charge in [-0.2, -0.15) is 0 Å². The highest BCUT2D eigenvalue weighted by Gasteiger charge is 2.15. The number of hydrogen-bond donors (Lipinski definition) is 2. The van der Waals surface area contributed by atoms with Gasteiger partial charge in [-0.05, 0) is 19.1 Å². The Morgan fingerprint density at radius 1 is 1.16 bits per heavy atom. The van der Waals surface area contributed by atoms with Crippen molar-refractivity contribution in [3.8, 4) is 5.69 Å². The van der Waals surface area contributed by atoms with Crippen LogP contribution in [-0.4, -0.2) is 24.3 Å². The maximum Gasteiger partial charge on any atom is 0.280 e. The summed E-state index contributed by atoms with van der Waals surface area (Å²) in [7, 11) is 0. The second-order valence-electron chi connectivity index (χ2n) is 5.92. The maximum absolute atomic E-state index is 12.8. The van der Waals surface area contributed by atoms with Gasteiger partial charge in [0.25, 0.3) is 11.1 Å². The van der Waals surface area contributed by atoms with Crippen LogP contribution in [0.4, 0.5) is 0 Å². The highest BCUT2D eigenvalue weighted by molar-refractivity contribution is 5.80. The van der Waals surface area contributed by atoms with Crippen LogP contribution in [-0.2, 0) is 13.0 Å². The average molecular weight is 335 g/mol. The second kappa shape index (κ2) is 5.94. The van der Waals surface area contributed by atoms with Crippen LogP contribution >= 0.6 is 0 Å². The first-order valence-corrected chi connectivity index (χ1v) is 8.03. The third-order valence-electron chi connectivity index (χ3n) is 4.39. The molecule has 0 radical (unpaired) electrons. The molecule has 0 fully saturated rings. The molecule has 0 spiro atoms. The van der Waals surface area contributed by atoms with Crippen molar-refractivity contribution in [2.75, 3.05) is 0 Å². The van der Waals surface area contributed by atoms with Crippen molar-refractivity contribution in [1.29, 1.82) is 0 Å². The van der Waals surface area contributed by atoms with Gasteiger partial charge in [-0.1, -0.05) is 18.2 Å². The predicted molar refractivity (Wildman–Crippen MR) is 95.2 cm³/mol. The normalized spacial score (nSPS) is 11.2. The fraction of sp³-hybridized carbons (Fsp3) is 0.167. The highest BCUT2D eigenvalue weighted by Crippen LogP contribution is 2.13. The van der Waals surface area contributed by atoms with Gasteiger partial charge < -0.3 is 9.55 Å². The Balaban J connectivity index is 1.83. The minimum absolute atomic E-state index is 0.133. The van der Waals surface area contributed by atoms with E-state index in [0.717, 1.165) is 11.4 Å².